The minimum Gasteiger partial charge on any atom is -0.492 e. The molecular weight excluding hydrogens is 588 g/mol. The molecule has 0 saturated heterocycles. The zero-order valence-corrected chi connectivity index (χ0v) is 24.9. The molecule has 3 aromatic carbocycles. The van der Waals surface area contributed by atoms with Crippen LogP contribution in [-0.4, -0.2) is 39.3 Å². The first-order chi connectivity index (χ1) is 19.9. The maximum atomic E-state index is 13.9. The Kier molecular flexibility index (Phi) is 8.53. The van der Waals surface area contributed by atoms with Crippen molar-refractivity contribution < 1.29 is 19.0 Å². The van der Waals surface area contributed by atoms with Gasteiger partial charge in [0.1, 0.15) is 18.4 Å². The lowest BCUT2D eigenvalue weighted by Gasteiger charge is -2.29. The number of nitrogens with zero attached hydrogens (tertiary/aromatic N) is 4. The quantitative estimate of drug-likeness (QED) is 0.221. The van der Waals surface area contributed by atoms with Crippen molar-refractivity contribution in [1.82, 2.24) is 20.2 Å². The lowest BCUT2D eigenvalue weighted by molar-refractivity contribution is -0.113. The van der Waals surface area contributed by atoms with E-state index in [0.717, 1.165) is 11.1 Å². The fourth-order valence-corrected chi connectivity index (χ4v) is 5.22. The number of halogens is 1. The Hall–Kier alpha value is -4.38. The fourth-order valence-electron chi connectivity index (χ4n) is 4.64. The molecule has 2 heterocycles. The minimum atomic E-state index is -0.651. The van der Waals surface area contributed by atoms with Crippen molar-refractivity contribution >= 4 is 33.5 Å². The highest BCUT2D eigenvalue weighted by Gasteiger charge is 2.35. The third-order valence-corrected chi connectivity index (χ3v) is 7.13. The maximum absolute atomic E-state index is 13.9. The van der Waals surface area contributed by atoms with Crippen LogP contribution >= 0.6 is 15.9 Å². The first-order valence-electron chi connectivity index (χ1n) is 13.3. The smallest absolute Gasteiger partial charge is 0.255 e. The Morgan fingerprint density at radius 3 is 2.49 bits per heavy atom. The van der Waals surface area contributed by atoms with Crippen LogP contribution in [0.25, 0.3) is 0 Å². The van der Waals surface area contributed by atoms with Gasteiger partial charge >= 0.3 is 0 Å². The standard InChI is InChI=1S/C30H31BrN6O4/c1-5-39-24-10-8-7-9-23(24)33-29(38)26-19(4)32-30-34-35-36-37(30)27(26)21-15-22(31)28(25(16-21)40-6-2)41-17-20-13-11-18(3)12-14-20/h7-16,27H,5-6,17H2,1-4H3,(H,33,38)(H,32,34,36). The van der Waals surface area contributed by atoms with Crippen LogP contribution < -0.4 is 24.8 Å². The minimum absolute atomic E-state index is 0.318. The molecule has 1 atom stereocenters. The first kappa shape index (κ1) is 28.2. The molecule has 0 saturated carbocycles. The number of para-hydroxylation sites is 2. The van der Waals surface area contributed by atoms with Gasteiger partial charge in [0.15, 0.2) is 11.5 Å². The van der Waals surface area contributed by atoms with Gasteiger partial charge in [-0.25, -0.2) is 0 Å². The molecule has 1 amide bonds. The summed E-state index contributed by atoms with van der Waals surface area (Å²) in [6, 6.07) is 18.6. The molecule has 2 N–H and O–H groups in total. The summed E-state index contributed by atoms with van der Waals surface area (Å²) in [5.41, 5.74) is 4.59. The zero-order valence-electron chi connectivity index (χ0n) is 23.3. The number of aryl methyl sites for hydroxylation is 1. The van der Waals surface area contributed by atoms with E-state index < -0.39 is 6.04 Å². The SMILES string of the molecule is CCOc1ccccc1NC(=O)C1=C(C)Nc2nnnn2C1c1cc(Br)c(OCc2ccc(C)cc2)c(OCC)c1. The molecule has 11 heteroatoms. The second kappa shape index (κ2) is 12.4. The van der Waals surface area contributed by atoms with Crippen molar-refractivity contribution in [3.63, 3.8) is 0 Å². The van der Waals surface area contributed by atoms with Crippen molar-refractivity contribution in [2.45, 2.75) is 40.3 Å². The van der Waals surface area contributed by atoms with Gasteiger partial charge in [0.25, 0.3) is 5.91 Å². The number of rotatable bonds is 10. The molecule has 5 rings (SSSR count). The topological polar surface area (TPSA) is 112 Å². The molecule has 1 aliphatic heterocycles. The maximum Gasteiger partial charge on any atom is 0.255 e. The number of nitrogens with one attached hydrogen (secondary N) is 2. The molecule has 0 aliphatic carbocycles. The second-order valence-corrected chi connectivity index (χ2v) is 10.3. The van der Waals surface area contributed by atoms with Crippen LogP contribution in [0, 0.1) is 6.92 Å². The average Bonchev–Trinajstić information content (AvgIpc) is 3.42. The number of fused-ring (bicyclic) bond motifs is 1. The van der Waals surface area contributed by atoms with E-state index in [4.69, 9.17) is 14.2 Å². The third kappa shape index (κ3) is 6.04. The van der Waals surface area contributed by atoms with Crippen LogP contribution in [0.5, 0.6) is 17.2 Å². The van der Waals surface area contributed by atoms with Gasteiger partial charge in [0.2, 0.25) is 5.95 Å². The van der Waals surface area contributed by atoms with Crippen molar-refractivity contribution in [1.29, 1.82) is 0 Å². The van der Waals surface area contributed by atoms with Gasteiger partial charge in [-0.3, -0.25) is 4.79 Å². The van der Waals surface area contributed by atoms with Crippen molar-refractivity contribution in [2.75, 3.05) is 23.8 Å². The summed E-state index contributed by atoms with van der Waals surface area (Å²) in [4.78, 5) is 13.9. The molecule has 1 aromatic heterocycles. The monoisotopic (exact) mass is 618 g/mol. The van der Waals surface area contributed by atoms with Gasteiger partial charge in [0, 0.05) is 5.70 Å². The highest BCUT2D eigenvalue weighted by molar-refractivity contribution is 9.10. The Balaban J connectivity index is 1.52. The lowest BCUT2D eigenvalue weighted by Crippen LogP contribution is -2.31. The number of allylic oxidation sites excluding steroid dienone is 1. The van der Waals surface area contributed by atoms with Crippen molar-refractivity contribution in [2.24, 2.45) is 0 Å². The number of anilines is 2. The number of tetrazole rings is 1. The van der Waals surface area contributed by atoms with Crippen LogP contribution in [0.1, 0.15) is 43.5 Å². The number of amides is 1. The van der Waals surface area contributed by atoms with E-state index >= 15 is 0 Å². The summed E-state index contributed by atoms with van der Waals surface area (Å²) in [5, 5.41) is 18.3. The largest absolute Gasteiger partial charge is 0.492 e. The summed E-state index contributed by atoms with van der Waals surface area (Å²) < 4.78 is 20.2. The molecule has 0 spiro atoms. The van der Waals surface area contributed by atoms with E-state index in [-0.39, 0.29) is 5.91 Å². The number of hydrogen-bond acceptors (Lipinski definition) is 8. The first-order valence-corrected chi connectivity index (χ1v) is 14.1. The van der Waals surface area contributed by atoms with Crippen molar-refractivity contribution in [3.05, 3.63) is 93.1 Å². The zero-order chi connectivity index (χ0) is 28.9. The van der Waals surface area contributed by atoms with E-state index in [2.05, 4.69) is 54.2 Å². The van der Waals surface area contributed by atoms with Crippen molar-refractivity contribution in [3.8, 4) is 17.2 Å². The van der Waals surface area contributed by atoms with E-state index in [1.807, 2.05) is 70.2 Å². The Morgan fingerprint density at radius 1 is 1.00 bits per heavy atom. The van der Waals surface area contributed by atoms with Gasteiger partial charge in [-0.1, -0.05) is 47.1 Å². The second-order valence-electron chi connectivity index (χ2n) is 9.43. The average molecular weight is 620 g/mol. The molecular formula is C30H31BrN6O4. The highest BCUT2D eigenvalue weighted by atomic mass is 79.9. The van der Waals surface area contributed by atoms with Crippen LogP contribution in [0.2, 0.25) is 0 Å². The Labute approximate surface area is 246 Å². The van der Waals surface area contributed by atoms with Gasteiger partial charge in [-0.05, 0) is 89.4 Å². The predicted molar refractivity (Wildman–Crippen MR) is 159 cm³/mol. The van der Waals surface area contributed by atoms with Crippen LogP contribution in [0.15, 0.2) is 76.4 Å². The van der Waals surface area contributed by atoms with Gasteiger partial charge in [-0.2, -0.15) is 4.68 Å². The third-order valence-electron chi connectivity index (χ3n) is 6.55. The normalized spacial score (nSPS) is 14.2. The number of carbonyl (C=O) groups is 1. The molecule has 0 bridgehead atoms. The summed E-state index contributed by atoms with van der Waals surface area (Å²) in [6.45, 7) is 8.95. The van der Waals surface area contributed by atoms with Gasteiger partial charge in [0.05, 0.1) is 28.9 Å². The van der Waals surface area contributed by atoms with Crippen LogP contribution in [0.4, 0.5) is 11.6 Å². The predicted octanol–water partition coefficient (Wildman–Crippen LogP) is 6.05. The van der Waals surface area contributed by atoms with E-state index in [9.17, 15) is 4.79 Å². The van der Waals surface area contributed by atoms with Crippen LogP contribution in [-0.2, 0) is 11.4 Å². The fraction of sp³-hybridized carbons (Fsp3) is 0.267. The summed E-state index contributed by atoms with van der Waals surface area (Å²) >= 11 is 3.69. The van der Waals surface area contributed by atoms with E-state index in [1.165, 1.54) is 5.56 Å². The van der Waals surface area contributed by atoms with E-state index in [1.54, 1.807) is 10.7 Å². The van der Waals surface area contributed by atoms with E-state index in [0.29, 0.717) is 64.4 Å². The van der Waals surface area contributed by atoms with Crippen LogP contribution in [0.3, 0.4) is 0 Å². The molecule has 1 aliphatic rings. The molecule has 41 heavy (non-hydrogen) atoms. The molecule has 4 aromatic rings. The molecule has 1 unspecified atom stereocenters. The number of ether oxygens (including phenoxy) is 3. The Bertz CT molecular complexity index is 1580. The van der Waals surface area contributed by atoms with Gasteiger partial charge < -0.3 is 24.8 Å². The number of hydrogen-bond donors (Lipinski definition) is 2. The lowest BCUT2D eigenvalue weighted by atomic mass is 9.94. The summed E-state index contributed by atoms with van der Waals surface area (Å²) in [7, 11) is 0. The number of benzene rings is 3. The van der Waals surface area contributed by atoms with Gasteiger partial charge in [-0.15, -0.1) is 0 Å². The summed E-state index contributed by atoms with van der Waals surface area (Å²) in [6.07, 6.45) is 0. The molecule has 10 nitrogen and oxygen atoms in total. The highest BCUT2D eigenvalue weighted by Crippen LogP contribution is 2.43. The number of aromatic nitrogens is 4. The number of carbonyl (C=O) groups excluding carboxylic acids is 1. The summed E-state index contributed by atoms with van der Waals surface area (Å²) in [5.74, 6) is 1.80. The molecule has 0 fully saturated rings. The Morgan fingerprint density at radius 2 is 1.73 bits per heavy atom. The molecule has 212 valence electrons. The molecule has 0 radical (unpaired) electrons.